The molecule has 1 aromatic heterocycles. The van der Waals surface area contributed by atoms with Gasteiger partial charge in [0, 0.05) is 11.0 Å². The summed E-state index contributed by atoms with van der Waals surface area (Å²) in [5, 5.41) is 23.0. The van der Waals surface area contributed by atoms with Crippen LogP contribution in [-0.2, 0) is 32.1 Å². The first-order valence-corrected chi connectivity index (χ1v) is 14.7. The summed E-state index contributed by atoms with van der Waals surface area (Å²) < 4.78 is 6.21. The van der Waals surface area contributed by atoms with E-state index in [1.54, 1.807) is 27.1 Å². The third-order valence-corrected chi connectivity index (χ3v) is 10.4. The van der Waals surface area contributed by atoms with Crippen molar-refractivity contribution < 1.29 is 38.6 Å². The van der Waals surface area contributed by atoms with Crippen molar-refractivity contribution in [3.05, 3.63) is 41.2 Å². The van der Waals surface area contributed by atoms with Gasteiger partial charge in [-0.1, -0.05) is 13.8 Å². The zero-order valence-corrected chi connectivity index (χ0v) is 24.8. The molecule has 3 aliphatic carbocycles. The van der Waals surface area contributed by atoms with Gasteiger partial charge < -0.3 is 20.4 Å². The molecule has 228 valence electrons. The standard InChI is InChI=1S/C32H37N3O8/c1-30-13-18-17(20-10-7-16(43-20)14-35-11-5-6-12-35)8-9-19(36)21(18)24(37)23(30)28(40)32(42)27(39)22(29(33)41)25(38)26(34(3)4)31(32,2)15-30/h7-10,22-23,26,36,42H,5-6,11-15H2,1-4H3,(H2,33,41)/t22?,23?,26-,30+,31+,32-/m1/s1. The number of nitrogens with two attached hydrogens (primary N) is 1. The monoisotopic (exact) mass is 591 g/mol. The fraction of sp³-hybridized carbons (Fsp3) is 0.531. The van der Waals surface area contributed by atoms with E-state index < -0.39 is 63.3 Å². The molecule has 43 heavy (non-hydrogen) atoms. The number of primary amides is 1. The number of aliphatic hydroxyl groups is 1. The van der Waals surface area contributed by atoms with E-state index in [0.29, 0.717) is 23.4 Å². The van der Waals surface area contributed by atoms with Crippen LogP contribution in [0.3, 0.4) is 0 Å². The summed E-state index contributed by atoms with van der Waals surface area (Å²) in [4.78, 5) is 71.9. The number of rotatable bonds is 5. The number of likely N-dealkylation sites (tertiary alicyclic amines) is 1. The van der Waals surface area contributed by atoms with E-state index in [1.165, 1.54) is 17.9 Å². The zero-order valence-electron chi connectivity index (χ0n) is 24.8. The molecule has 4 aliphatic rings. The van der Waals surface area contributed by atoms with Gasteiger partial charge in [-0.25, -0.2) is 0 Å². The predicted octanol–water partition coefficient (Wildman–Crippen LogP) is 1.50. The second-order valence-corrected chi connectivity index (χ2v) is 13.5. The van der Waals surface area contributed by atoms with Gasteiger partial charge in [0.1, 0.15) is 17.3 Å². The van der Waals surface area contributed by atoms with Crippen LogP contribution >= 0.6 is 0 Å². The highest BCUT2D eigenvalue weighted by molar-refractivity contribution is 6.33. The van der Waals surface area contributed by atoms with Crippen LogP contribution in [0.15, 0.2) is 28.7 Å². The number of carbonyl (C=O) groups excluding carboxylic acids is 5. The topological polar surface area (TPSA) is 171 Å². The minimum atomic E-state index is -2.83. The summed E-state index contributed by atoms with van der Waals surface area (Å²) >= 11 is 0. The minimum absolute atomic E-state index is 0.0621. The number of nitrogens with zero attached hydrogens (tertiary/aromatic N) is 2. The third-order valence-electron chi connectivity index (χ3n) is 10.4. The van der Waals surface area contributed by atoms with Crippen molar-refractivity contribution in [1.82, 2.24) is 9.80 Å². The Hall–Kier alpha value is -3.67. The lowest BCUT2D eigenvalue weighted by Crippen LogP contribution is -2.79. The molecule has 2 unspecified atom stereocenters. The summed E-state index contributed by atoms with van der Waals surface area (Å²) in [6, 6.07) is 5.56. The van der Waals surface area contributed by atoms with Crippen molar-refractivity contribution in [2.45, 2.75) is 57.7 Å². The highest BCUT2D eigenvalue weighted by atomic mass is 16.3. The molecule has 2 aromatic rings. The van der Waals surface area contributed by atoms with Crippen molar-refractivity contribution in [1.29, 1.82) is 0 Å². The van der Waals surface area contributed by atoms with Crippen LogP contribution < -0.4 is 5.73 Å². The van der Waals surface area contributed by atoms with Crippen LogP contribution in [0.25, 0.3) is 11.3 Å². The van der Waals surface area contributed by atoms with Crippen molar-refractivity contribution in [3.63, 3.8) is 0 Å². The molecule has 11 heteroatoms. The number of phenols is 1. The van der Waals surface area contributed by atoms with Gasteiger partial charge in [-0.15, -0.1) is 0 Å². The summed E-state index contributed by atoms with van der Waals surface area (Å²) in [7, 11) is 3.13. The van der Waals surface area contributed by atoms with Gasteiger partial charge in [-0.3, -0.25) is 33.8 Å². The van der Waals surface area contributed by atoms with Gasteiger partial charge in [0.2, 0.25) is 5.91 Å². The fourth-order valence-electron chi connectivity index (χ4n) is 8.72. The van der Waals surface area contributed by atoms with Crippen LogP contribution in [0.5, 0.6) is 5.75 Å². The van der Waals surface area contributed by atoms with Gasteiger partial charge in [-0.2, -0.15) is 0 Å². The quantitative estimate of drug-likeness (QED) is 0.433. The zero-order chi connectivity index (χ0) is 31.2. The Labute approximate surface area is 249 Å². The maximum atomic E-state index is 14.4. The lowest BCUT2D eigenvalue weighted by Gasteiger charge is -2.61. The first-order valence-electron chi connectivity index (χ1n) is 14.7. The Balaban J connectivity index is 1.47. The van der Waals surface area contributed by atoms with E-state index in [4.69, 9.17) is 10.2 Å². The van der Waals surface area contributed by atoms with E-state index >= 15 is 0 Å². The number of hydrogen-bond donors (Lipinski definition) is 3. The number of aromatic hydroxyl groups is 1. The summed E-state index contributed by atoms with van der Waals surface area (Å²) in [6.07, 6.45) is 2.34. The Morgan fingerprint density at radius 1 is 1.07 bits per heavy atom. The second-order valence-electron chi connectivity index (χ2n) is 13.5. The molecule has 6 rings (SSSR count). The second kappa shape index (κ2) is 9.67. The summed E-state index contributed by atoms with van der Waals surface area (Å²) in [5.41, 5.74) is 0.812. The van der Waals surface area contributed by atoms with Gasteiger partial charge in [0.25, 0.3) is 0 Å². The predicted molar refractivity (Wildman–Crippen MR) is 153 cm³/mol. The molecule has 11 nitrogen and oxygen atoms in total. The first-order chi connectivity index (χ1) is 20.2. The number of phenolic OH excluding ortho intramolecular Hbond substituents is 1. The largest absolute Gasteiger partial charge is 0.507 e. The van der Waals surface area contributed by atoms with Crippen LogP contribution in [0.4, 0.5) is 0 Å². The number of carbonyl (C=O) groups is 5. The lowest BCUT2D eigenvalue weighted by atomic mass is 9.42. The van der Waals surface area contributed by atoms with Crippen molar-refractivity contribution in [3.8, 4) is 17.1 Å². The fourth-order valence-corrected chi connectivity index (χ4v) is 8.72. The Morgan fingerprint density at radius 2 is 1.74 bits per heavy atom. The maximum absolute atomic E-state index is 14.4. The van der Waals surface area contributed by atoms with Gasteiger partial charge in [-0.05, 0) is 88.1 Å². The number of hydrogen-bond acceptors (Lipinski definition) is 10. The number of Topliss-reactive ketones (excluding diaryl/α,β-unsaturated/α-hetero) is 4. The van der Waals surface area contributed by atoms with Crippen LogP contribution in [0.1, 0.15) is 54.8 Å². The average Bonchev–Trinajstić information content (AvgIpc) is 3.58. The van der Waals surface area contributed by atoms with Gasteiger partial charge in [0.05, 0.1) is 24.1 Å². The highest BCUT2D eigenvalue weighted by Crippen LogP contribution is 2.62. The molecule has 0 bridgehead atoms. The van der Waals surface area contributed by atoms with E-state index in [-0.39, 0.29) is 24.2 Å². The van der Waals surface area contributed by atoms with Crippen molar-refractivity contribution in [2.24, 2.45) is 28.4 Å². The normalized spacial score (nSPS) is 34.3. The number of furan rings is 1. The van der Waals surface area contributed by atoms with E-state index in [2.05, 4.69) is 4.90 Å². The molecular weight excluding hydrogens is 554 g/mol. The molecule has 0 radical (unpaired) electrons. The molecule has 1 amide bonds. The first kappa shape index (κ1) is 29.4. The van der Waals surface area contributed by atoms with Gasteiger partial charge in [0.15, 0.2) is 34.7 Å². The van der Waals surface area contributed by atoms with E-state index in [1.807, 2.05) is 12.1 Å². The molecule has 3 fully saturated rings. The lowest BCUT2D eigenvalue weighted by molar-refractivity contribution is -0.203. The molecule has 0 spiro atoms. The van der Waals surface area contributed by atoms with Crippen LogP contribution in [0, 0.1) is 22.7 Å². The number of fused-ring (bicyclic) bond motifs is 3. The molecular formula is C32H37N3O8. The number of amides is 1. The van der Waals surface area contributed by atoms with Crippen molar-refractivity contribution in [2.75, 3.05) is 27.2 Å². The molecule has 2 heterocycles. The van der Waals surface area contributed by atoms with Crippen LogP contribution in [0.2, 0.25) is 0 Å². The van der Waals surface area contributed by atoms with E-state index in [9.17, 15) is 34.2 Å². The van der Waals surface area contributed by atoms with Gasteiger partial charge >= 0.3 is 0 Å². The maximum Gasteiger partial charge on any atom is 0.235 e. The number of ketones is 4. The Morgan fingerprint density at radius 3 is 2.37 bits per heavy atom. The van der Waals surface area contributed by atoms with Crippen LogP contribution in [-0.4, -0.2) is 87.9 Å². The average molecular weight is 592 g/mol. The smallest absolute Gasteiger partial charge is 0.235 e. The number of benzene rings is 1. The third kappa shape index (κ3) is 3.94. The molecule has 1 saturated heterocycles. The van der Waals surface area contributed by atoms with E-state index in [0.717, 1.165) is 31.7 Å². The highest BCUT2D eigenvalue weighted by Gasteiger charge is 2.76. The Bertz CT molecular complexity index is 1590. The molecule has 1 aromatic carbocycles. The summed E-state index contributed by atoms with van der Waals surface area (Å²) in [6.45, 7) is 5.88. The molecule has 4 N–H and O–H groups in total. The molecule has 2 saturated carbocycles. The Kier molecular flexibility index (Phi) is 6.61. The SMILES string of the molecule is CN(C)[C@@H]1C(=O)C(C(N)=O)C(=O)[C@@]2(O)C(=O)C3C(=O)c4c(O)ccc(-c5ccc(CN6CCCC6)o5)c4C[C@@]3(C)C[C@@]12C. The molecule has 6 atom stereocenters. The number of likely N-dealkylation sites (N-methyl/N-ethyl adjacent to an activating group) is 1. The van der Waals surface area contributed by atoms with Crippen molar-refractivity contribution >= 4 is 29.0 Å². The minimum Gasteiger partial charge on any atom is -0.507 e. The summed E-state index contributed by atoms with van der Waals surface area (Å²) in [5.74, 6) is -7.72. The molecule has 1 aliphatic heterocycles.